The maximum atomic E-state index is 12.1. The average Bonchev–Trinajstić information content (AvgIpc) is 2.75. The minimum atomic E-state index is -0.787. The Kier molecular flexibility index (Phi) is 3.30. The molecule has 1 fully saturated rings. The molecule has 0 radical (unpaired) electrons. The van der Waals surface area contributed by atoms with E-state index in [-0.39, 0.29) is 5.91 Å². The summed E-state index contributed by atoms with van der Waals surface area (Å²) in [6, 6.07) is 0. The number of carbonyl (C=O) groups is 1. The molecule has 7 heteroatoms. The third kappa shape index (κ3) is 2.73. The van der Waals surface area contributed by atoms with Crippen molar-refractivity contribution in [2.45, 2.75) is 25.4 Å². The molecule has 17 heavy (non-hydrogen) atoms. The normalized spacial score (nSPS) is 24.8. The predicted octanol–water partition coefficient (Wildman–Crippen LogP) is 0.567. The smallest absolute Gasteiger partial charge is 0.285 e. The van der Waals surface area contributed by atoms with Crippen molar-refractivity contribution in [3.63, 3.8) is 0 Å². The summed E-state index contributed by atoms with van der Waals surface area (Å²) in [5.74, 6) is -0.149. The molecule has 94 valence electrons. The van der Waals surface area contributed by atoms with E-state index >= 15 is 0 Å². The second kappa shape index (κ2) is 4.58. The number of amides is 1. The van der Waals surface area contributed by atoms with Crippen LogP contribution < -0.4 is 5.32 Å². The fourth-order valence-corrected chi connectivity index (χ4v) is 2.60. The Labute approximate surface area is 104 Å². The summed E-state index contributed by atoms with van der Waals surface area (Å²) in [4.78, 5) is 13.8. The molecule has 6 nitrogen and oxygen atoms in total. The van der Waals surface area contributed by atoms with E-state index in [1.54, 1.807) is 18.9 Å². The molecule has 2 N–H and O–H groups in total. The van der Waals surface area contributed by atoms with Crippen molar-refractivity contribution >= 4 is 22.4 Å². The van der Waals surface area contributed by atoms with Crippen molar-refractivity contribution in [1.82, 2.24) is 15.1 Å². The molecule has 0 saturated carbocycles. The van der Waals surface area contributed by atoms with Crippen LogP contribution in [0.25, 0.3) is 0 Å². The van der Waals surface area contributed by atoms with Crippen molar-refractivity contribution < 1.29 is 9.90 Å². The number of aromatic nitrogens is 2. The van der Waals surface area contributed by atoms with Gasteiger partial charge in [-0.3, -0.25) is 4.79 Å². The molecule has 0 aromatic carbocycles. The topological polar surface area (TPSA) is 78.4 Å². The summed E-state index contributed by atoms with van der Waals surface area (Å²) in [7, 11) is 1.74. The van der Waals surface area contributed by atoms with Crippen LogP contribution in [0.4, 0.5) is 5.13 Å². The second-order valence-electron chi connectivity index (χ2n) is 4.49. The van der Waals surface area contributed by atoms with Gasteiger partial charge in [0.1, 0.15) is 0 Å². The number of aliphatic hydroxyl groups is 1. The average molecular weight is 256 g/mol. The lowest BCUT2D eigenvalue weighted by Crippen LogP contribution is -2.48. The molecule has 1 aliphatic rings. The van der Waals surface area contributed by atoms with Crippen molar-refractivity contribution in [3.05, 3.63) is 5.01 Å². The highest BCUT2D eigenvalue weighted by molar-refractivity contribution is 7.17. The number of nitrogens with one attached hydrogen (secondary N) is 1. The van der Waals surface area contributed by atoms with Gasteiger partial charge in [0.2, 0.25) is 10.1 Å². The molecular formula is C10H16N4O2S. The lowest BCUT2D eigenvalue weighted by atomic mass is 9.95. The van der Waals surface area contributed by atoms with Gasteiger partial charge in [-0.25, -0.2) is 0 Å². The number of carbonyl (C=O) groups excluding carboxylic acids is 1. The molecule has 2 heterocycles. The minimum Gasteiger partial charge on any atom is -0.388 e. The van der Waals surface area contributed by atoms with Crippen LogP contribution in [-0.4, -0.2) is 51.8 Å². The van der Waals surface area contributed by atoms with Gasteiger partial charge < -0.3 is 15.3 Å². The van der Waals surface area contributed by atoms with Crippen molar-refractivity contribution in [2.75, 3.05) is 25.5 Å². The van der Waals surface area contributed by atoms with Crippen LogP contribution in [0.5, 0.6) is 0 Å². The Balaban J connectivity index is 2.09. The summed E-state index contributed by atoms with van der Waals surface area (Å²) >= 11 is 1.23. The summed E-state index contributed by atoms with van der Waals surface area (Å²) in [5, 5.41) is 21.5. The van der Waals surface area contributed by atoms with Crippen molar-refractivity contribution in [3.8, 4) is 0 Å². The first-order valence-corrected chi connectivity index (χ1v) is 6.36. The van der Waals surface area contributed by atoms with E-state index < -0.39 is 5.60 Å². The third-order valence-electron chi connectivity index (χ3n) is 2.78. The number of anilines is 1. The van der Waals surface area contributed by atoms with Crippen molar-refractivity contribution in [1.29, 1.82) is 0 Å². The summed E-state index contributed by atoms with van der Waals surface area (Å²) < 4.78 is 0. The van der Waals surface area contributed by atoms with Gasteiger partial charge in [0.15, 0.2) is 0 Å². The van der Waals surface area contributed by atoms with Crippen LogP contribution >= 0.6 is 11.3 Å². The SMILES string of the molecule is CNc1nnc(C(=O)N2CCCC(C)(O)C2)s1. The van der Waals surface area contributed by atoms with E-state index in [1.165, 1.54) is 11.3 Å². The van der Waals surface area contributed by atoms with Gasteiger partial charge in [-0.05, 0) is 19.8 Å². The quantitative estimate of drug-likeness (QED) is 0.808. The number of likely N-dealkylation sites (tertiary alicyclic amines) is 1. The number of hydrogen-bond acceptors (Lipinski definition) is 6. The predicted molar refractivity (Wildman–Crippen MR) is 65.2 cm³/mol. The first kappa shape index (κ1) is 12.3. The number of piperidine rings is 1. The fourth-order valence-electron chi connectivity index (χ4n) is 1.94. The molecule has 1 aromatic heterocycles. The van der Waals surface area contributed by atoms with E-state index in [4.69, 9.17) is 0 Å². The van der Waals surface area contributed by atoms with Crippen LogP contribution in [0.3, 0.4) is 0 Å². The maximum Gasteiger partial charge on any atom is 0.285 e. The summed E-state index contributed by atoms with van der Waals surface area (Å²) in [6.45, 7) is 2.79. The van der Waals surface area contributed by atoms with Gasteiger partial charge in [0.05, 0.1) is 5.60 Å². The Hall–Kier alpha value is -1.21. The Morgan fingerprint density at radius 1 is 1.59 bits per heavy atom. The van der Waals surface area contributed by atoms with Crippen LogP contribution in [0.1, 0.15) is 29.6 Å². The zero-order valence-electron chi connectivity index (χ0n) is 9.93. The Bertz CT molecular complexity index is 418. The van der Waals surface area contributed by atoms with Crippen LogP contribution in [-0.2, 0) is 0 Å². The van der Waals surface area contributed by atoms with Crippen LogP contribution in [0, 0.1) is 0 Å². The van der Waals surface area contributed by atoms with E-state index in [0.717, 1.165) is 12.8 Å². The largest absolute Gasteiger partial charge is 0.388 e. The zero-order chi connectivity index (χ0) is 12.5. The molecule has 0 aliphatic carbocycles. The van der Waals surface area contributed by atoms with E-state index in [2.05, 4.69) is 15.5 Å². The highest BCUT2D eigenvalue weighted by atomic mass is 32.1. The summed E-state index contributed by atoms with van der Waals surface area (Å²) in [5.41, 5.74) is -0.787. The molecule has 1 aromatic rings. The lowest BCUT2D eigenvalue weighted by molar-refractivity contribution is -0.0107. The number of rotatable bonds is 2. The van der Waals surface area contributed by atoms with Crippen molar-refractivity contribution in [2.24, 2.45) is 0 Å². The Morgan fingerprint density at radius 3 is 2.94 bits per heavy atom. The van der Waals surface area contributed by atoms with Gasteiger partial charge in [0, 0.05) is 20.1 Å². The van der Waals surface area contributed by atoms with E-state index in [1.807, 2.05) is 0 Å². The van der Waals surface area contributed by atoms with Gasteiger partial charge in [-0.1, -0.05) is 11.3 Å². The molecule has 2 rings (SSSR count). The molecule has 1 atom stereocenters. The number of nitrogens with zero attached hydrogens (tertiary/aromatic N) is 3. The Morgan fingerprint density at radius 2 is 2.35 bits per heavy atom. The molecular weight excluding hydrogens is 240 g/mol. The third-order valence-corrected chi connectivity index (χ3v) is 3.71. The van der Waals surface area contributed by atoms with Crippen LogP contribution in [0.15, 0.2) is 0 Å². The highest BCUT2D eigenvalue weighted by Gasteiger charge is 2.32. The number of β-amino-alcohol motifs (C(OH)–C–C–N with tert-alkyl or cyclic N) is 1. The molecule has 1 aliphatic heterocycles. The standard InChI is InChI=1S/C10H16N4O2S/c1-10(16)4-3-5-14(6-10)8(15)7-12-13-9(11-2)17-7/h16H,3-6H2,1-2H3,(H,11,13). The molecule has 0 bridgehead atoms. The fraction of sp³-hybridized carbons (Fsp3) is 0.700. The van der Waals surface area contributed by atoms with Gasteiger partial charge in [0.25, 0.3) is 5.91 Å². The van der Waals surface area contributed by atoms with Gasteiger partial charge in [-0.2, -0.15) is 0 Å². The minimum absolute atomic E-state index is 0.149. The molecule has 1 unspecified atom stereocenters. The van der Waals surface area contributed by atoms with Crippen LogP contribution in [0.2, 0.25) is 0 Å². The second-order valence-corrected chi connectivity index (χ2v) is 5.47. The monoisotopic (exact) mass is 256 g/mol. The van der Waals surface area contributed by atoms with Gasteiger partial charge in [-0.15, -0.1) is 10.2 Å². The first-order valence-electron chi connectivity index (χ1n) is 5.55. The number of hydrogen-bond donors (Lipinski definition) is 2. The molecule has 0 spiro atoms. The molecule has 1 amide bonds. The first-order chi connectivity index (χ1) is 8.02. The maximum absolute atomic E-state index is 12.1. The summed E-state index contributed by atoms with van der Waals surface area (Å²) in [6.07, 6.45) is 1.55. The van der Waals surface area contributed by atoms with Gasteiger partial charge >= 0.3 is 0 Å². The highest BCUT2D eigenvalue weighted by Crippen LogP contribution is 2.23. The van der Waals surface area contributed by atoms with E-state index in [0.29, 0.717) is 23.2 Å². The van der Waals surface area contributed by atoms with E-state index in [9.17, 15) is 9.90 Å². The lowest BCUT2D eigenvalue weighted by Gasteiger charge is -2.36. The zero-order valence-corrected chi connectivity index (χ0v) is 10.8. The molecule has 1 saturated heterocycles.